The first-order valence-corrected chi connectivity index (χ1v) is 7.84. The van der Waals surface area contributed by atoms with Crippen LogP contribution in [0.2, 0.25) is 0 Å². The van der Waals surface area contributed by atoms with E-state index in [-0.39, 0.29) is 17.7 Å². The highest BCUT2D eigenvalue weighted by Crippen LogP contribution is 2.40. The third-order valence-electron chi connectivity index (χ3n) is 3.73. The number of fused-ring (bicyclic) bond motifs is 1. The molecule has 1 saturated heterocycles. The molecule has 0 aromatic rings. The van der Waals surface area contributed by atoms with Crippen molar-refractivity contribution >= 4 is 23.6 Å². The number of carbonyl (C=O) groups excluding carboxylic acids is 2. The summed E-state index contributed by atoms with van der Waals surface area (Å²) in [6.07, 6.45) is 1.83. The van der Waals surface area contributed by atoms with E-state index >= 15 is 0 Å². The molecule has 8 heteroatoms. The van der Waals surface area contributed by atoms with Crippen molar-refractivity contribution < 1.29 is 14.7 Å². The Labute approximate surface area is 132 Å². The van der Waals surface area contributed by atoms with Gasteiger partial charge in [-0.3, -0.25) is 14.5 Å². The Kier molecular flexibility index (Phi) is 4.70. The summed E-state index contributed by atoms with van der Waals surface area (Å²) in [5.74, 6) is -0.768. The van der Waals surface area contributed by atoms with Crippen LogP contribution in [-0.2, 0) is 9.59 Å². The molecule has 0 radical (unpaired) electrons. The van der Waals surface area contributed by atoms with Crippen molar-refractivity contribution in [3.05, 3.63) is 40.3 Å². The summed E-state index contributed by atoms with van der Waals surface area (Å²) in [6.45, 7) is 7.14. The number of allylic oxidation sites excluding steroid dienone is 3. The molecule has 2 rings (SSSR count). The van der Waals surface area contributed by atoms with Crippen LogP contribution in [0.25, 0.3) is 0 Å². The van der Waals surface area contributed by atoms with Gasteiger partial charge < -0.3 is 10.4 Å². The van der Waals surface area contributed by atoms with Gasteiger partial charge in [-0.1, -0.05) is 19.6 Å². The second-order valence-electron chi connectivity index (χ2n) is 4.92. The van der Waals surface area contributed by atoms with Crippen molar-refractivity contribution in [2.24, 2.45) is 5.18 Å². The highest BCUT2D eigenvalue weighted by atomic mass is 32.2. The zero-order valence-corrected chi connectivity index (χ0v) is 13.1. The standard InChI is InChI=1S/C14H17N3O4S/c1-4-8-6-22-14-11(13(20)17(14)7(8)3)15-12(19)10(16-21)9(18)5-2/h4,11,14,18H,1,5-6H2,2-3H3,(H,15,19). The van der Waals surface area contributed by atoms with Crippen molar-refractivity contribution in [2.75, 3.05) is 5.75 Å². The zero-order chi connectivity index (χ0) is 16.4. The average molecular weight is 323 g/mol. The fourth-order valence-electron chi connectivity index (χ4n) is 2.37. The molecule has 0 bridgehead atoms. The molecule has 7 nitrogen and oxygen atoms in total. The molecule has 0 aromatic carbocycles. The number of nitrogens with zero attached hydrogens (tertiary/aromatic N) is 2. The molecule has 0 aliphatic carbocycles. The number of nitroso groups, excluding NO2 is 1. The monoisotopic (exact) mass is 323 g/mol. The van der Waals surface area contributed by atoms with Crippen molar-refractivity contribution in [1.82, 2.24) is 10.2 Å². The number of β-lactam (4-membered cyclic amide) rings is 1. The first kappa shape index (κ1) is 16.3. The molecule has 2 unspecified atom stereocenters. The summed E-state index contributed by atoms with van der Waals surface area (Å²) in [5.41, 5.74) is 1.24. The minimum atomic E-state index is -0.830. The smallest absolute Gasteiger partial charge is 0.277 e. The van der Waals surface area contributed by atoms with Crippen LogP contribution in [-0.4, -0.2) is 39.0 Å². The lowest BCUT2D eigenvalue weighted by molar-refractivity contribution is -0.145. The van der Waals surface area contributed by atoms with Gasteiger partial charge in [0.1, 0.15) is 17.2 Å². The van der Waals surface area contributed by atoms with E-state index in [1.54, 1.807) is 17.9 Å². The molecule has 0 saturated carbocycles. The van der Waals surface area contributed by atoms with Crippen LogP contribution >= 0.6 is 11.8 Å². The minimum absolute atomic E-state index is 0.113. The molecule has 22 heavy (non-hydrogen) atoms. The van der Waals surface area contributed by atoms with Gasteiger partial charge in [0.05, 0.1) is 0 Å². The van der Waals surface area contributed by atoms with Crippen molar-refractivity contribution in [1.29, 1.82) is 0 Å². The van der Waals surface area contributed by atoms with E-state index < -0.39 is 23.4 Å². The van der Waals surface area contributed by atoms with Gasteiger partial charge in [0.25, 0.3) is 11.8 Å². The van der Waals surface area contributed by atoms with Gasteiger partial charge in [0.2, 0.25) is 5.70 Å². The number of aliphatic hydroxyl groups excluding tert-OH is 1. The molecule has 0 aromatic heterocycles. The van der Waals surface area contributed by atoms with Crippen LogP contribution in [0.5, 0.6) is 0 Å². The zero-order valence-electron chi connectivity index (χ0n) is 12.3. The highest BCUT2D eigenvalue weighted by molar-refractivity contribution is 8.00. The SMILES string of the molecule is C=CC1=C(C)N2C(=O)C(NC(=O)C(N=O)=C(O)CC)C2SC1. The topological polar surface area (TPSA) is 99.1 Å². The van der Waals surface area contributed by atoms with Gasteiger partial charge in [0, 0.05) is 17.9 Å². The summed E-state index contributed by atoms with van der Waals surface area (Å²) in [7, 11) is 0. The van der Waals surface area contributed by atoms with Crippen molar-refractivity contribution in [2.45, 2.75) is 31.7 Å². The fraction of sp³-hybridized carbons (Fsp3) is 0.429. The van der Waals surface area contributed by atoms with Crippen LogP contribution in [0.1, 0.15) is 20.3 Å². The first-order chi connectivity index (χ1) is 10.5. The van der Waals surface area contributed by atoms with Crippen molar-refractivity contribution in [3.8, 4) is 0 Å². The van der Waals surface area contributed by atoms with Gasteiger partial charge in [-0.25, -0.2) is 0 Å². The number of aliphatic hydroxyl groups is 1. The number of nitrogens with one attached hydrogen (secondary N) is 1. The molecule has 2 atom stereocenters. The van der Waals surface area contributed by atoms with Gasteiger partial charge in [-0.15, -0.1) is 16.7 Å². The normalized spacial score (nSPS) is 25.0. The summed E-state index contributed by atoms with van der Waals surface area (Å²) in [6, 6.07) is -0.722. The van der Waals surface area contributed by atoms with Gasteiger partial charge >= 0.3 is 0 Å². The summed E-state index contributed by atoms with van der Waals surface area (Å²) < 4.78 is 0. The van der Waals surface area contributed by atoms with Gasteiger partial charge in [0.15, 0.2) is 0 Å². The average Bonchev–Trinajstić information content (AvgIpc) is 2.52. The Morgan fingerprint density at radius 2 is 2.32 bits per heavy atom. The number of hydrogen-bond donors (Lipinski definition) is 2. The molecular formula is C14H17N3O4S. The third-order valence-corrected chi connectivity index (χ3v) is 5.03. The molecule has 2 N–H and O–H groups in total. The third kappa shape index (κ3) is 2.54. The van der Waals surface area contributed by atoms with Gasteiger partial charge in [-0.2, -0.15) is 0 Å². The minimum Gasteiger partial charge on any atom is -0.510 e. The second-order valence-corrected chi connectivity index (χ2v) is 6.02. The number of hydrogen-bond acceptors (Lipinski definition) is 6. The Bertz CT molecular complexity index is 611. The maximum absolute atomic E-state index is 12.2. The second kappa shape index (κ2) is 6.35. The number of amides is 2. The van der Waals surface area contributed by atoms with Crippen LogP contribution in [0, 0.1) is 4.91 Å². The van der Waals surface area contributed by atoms with E-state index in [9.17, 15) is 19.6 Å². The molecular weight excluding hydrogens is 306 g/mol. The van der Waals surface area contributed by atoms with E-state index in [1.807, 2.05) is 6.92 Å². The Morgan fingerprint density at radius 3 is 2.86 bits per heavy atom. The molecule has 2 aliphatic heterocycles. The molecule has 1 fully saturated rings. The lowest BCUT2D eigenvalue weighted by Crippen LogP contribution is -2.69. The predicted molar refractivity (Wildman–Crippen MR) is 83.7 cm³/mol. The van der Waals surface area contributed by atoms with Crippen LogP contribution in [0.4, 0.5) is 0 Å². The maximum Gasteiger partial charge on any atom is 0.277 e. The van der Waals surface area contributed by atoms with Crippen LogP contribution < -0.4 is 5.32 Å². The molecule has 2 amide bonds. The Morgan fingerprint density at radius 1 is 1.64 bits per heavy atom. The number of rotatable bonds is 5. The maximum atomic E-state index is 12.2. The van der Waals surface area contributed by atoms with Crippen LogP contribution in [0.15, 0.2) is 40.6 Å². The quantitative estimate of drug-likeness (QED) is 0.348. The van der Waals surface area contributed by atoms with E-state index in [0.29, 0.717) is 5.75 Å². The number of thioether (sulfide) groups is 1. The van der Waals surface area contributed by atoms with E-state index in [4.69, 9.17) is 0 Å². The molecule has 0 spiro atoms. The lowest BCUT2D eigenvalue weighted by atomic mass is 10.0. The molecule has 2 heterocycles. The fourth-order valence-corrected chi connectivity index (χ4v) is 3.83. The van der Waals surface area contributed by atoms with E-state index in [1.165, 1.54) is 11.8 Å². The van der Waals surface area contributed by atoms with Crippen molar-refractivity contribution in [3.63, 3.8) is 0 Å². The Balaban J connectivity index is 2.13. The largest absolute Gasteiger partial charge is 0.510 e. The highest BCUT2D eigenvalue weighted by Gasteiger charge is 2.51. The molecule has 118 valence electrons. The first-order valence-electron chi connectivity index (χ1n) is 6.79. The lowest BCUT2D eigenvalue weighted by Gasteiger charge is -2.49. The Hall–Kier alpha value is -2.09. The summed E-state index contributed by atoms with van der Waals surface area (Å²) in [4.78, 5) is 36.5. The summed E-state index contributed by atoms with van der Waals surface area (Å²) >= 11 is 1.51. The van der Waals surface area contributed by atoms with Crippen LogP contribution in [0.3, 0.4) is 0 Å². The van der Waals surface area contributed by atoms with E-state index in [2.05, 4.69) is 17.1 Å². The van der Waals surface area contributed by atoms with E-state index in [0.717, 1.165) is 11.3 Å². The number of carbonyl (C=O) groups is 2. The summed E-state index contributed by atoms with van der Waals surface area (Å²) in [5, 5.41) is 14.3. The molecule has 2 aliphatic rings. The van der Waals surface area contributed by atoms with Gasteiger partial charge in [-0.05, 0) is 17.7 Å². The predicted octanol–water partition coefficient (Wildman–Crippen LogP) is 1.79.